The summed E-state index contributed by atoms with van der Waals surface area (Å²) in [6, 6.07) is 6.52. The van der Waals surface area contributed by atoms with E-state index >= 15 is 0 Å². The molecule has 104 valence electrons. The Morgan fingerprint density at radius 2 is 2.15 bits per heavy atom. The van der Waals surface area contributed by atoms with Gasteiger partial charge in [0.05, 0.1) is 7.11 Å². The van der Waals surface area contributed by atoms with E-state index in [4.69, 9.17) is 9.47 Å². The van der Waals surface area contributed by atoms with Gasteiger partial charge in [-0.1, -0.05) is 0 Å². The zero-order valence-corrected chi connectivity index (χ0v) is 12.3. The molecule has 0 aliphatic heterocycles. The largest absolute Gasteiger partial charge is 0.497 e. The lowest BCUT2D eigenvalue weighted by Gasteiger charge is -2.10. The van der Waals surface area contributed by atoms with Crippen molar-refractivity contribution in [2.75, 3.05) is 7.11 Å². The van der Waals surface area contributed by atoms with Crippen LogP contribution in [-0.2, 0) is 6.61 Å². The molecule has 1 N–H and O–H groups in total. The normalized spacial score (nSPS) is 10.1. The molecule has 0 saturated carbocycles. The number of carbonyl (C=O) groups is 1. The van der Waals surface area contributed by atoms with Gasteiger partial charge < -0.3 is 14.6 Å². The van der Waals surface area contributed by atoms with Crippen LogP contribution in [0.4, 0.5) is 0 Å². The molecule has 0 aliphatic rings. The van der Waals surface area contributed by atoms with Gasteiger partial charge in [-0.05, 0) is 40.2 Å². The highest BCUT2D eigenvalue weighted by Gasteiger charge is 2.13. The van der Waals surface area contributed by atoms with Crippen molar-refractivity contribution in [1.82, 2.24) is 4.98 Å². The fourth-order valence-corrected chi connectivity index (χ4v) is 2.04. The van der Waals surface area contributed by atoms with E-state index in [1.807, 2.05) is 6.07 Å². The molecular formula is C14H12BrNO4. The maximum absolute atomic E-state index is 11.2. The van der Waals surface area contributed by atoms with Gasteiger partial charge in [-0.15, -0.1) is 0 Å². The Kier molecular flexibility index (Phi) is 4.57. The number of nitrogens with zero attached hydrogens (tertiary/aromatic N) is 1. The third kappa shape index (κ3) is 3.48. The monoisotopic (exact) mass is 337 g/mol. The Bertz CT molecular complexity index is 630. The lowest BCUT2D eigenvalue weighted by Crippen LogP contribution is -2.04. The standard InChI is InChI=1S/C14H12BrNO4/c1-19-11-2-3-13(12(5-11)14(17)18)20-8-9-4-10(15)7-16-6-9/h2-7H,8H2,1H3,(H,17,18). The van der Waals surface area contributed by atoms with Crippen LogP contribution in [-0.4, -0.2) is 23.2 Å². The van der Waals surface area contributed by atoms with Crippen LogP contribution in [0.2, 0.25) is 0 Å². The minimum absolute atomic E-state index is 0.0623. The van der Waals surface area contributed by atoms with Gasteiger partial charge >= 0.3 is 5.97 Å². The molecule has 5 nitrogen and oxygen atoms in total. The first-order valence-corrected chi connectivity index (χ1v) is 6.53. The average molecular weight is 338 g/mol. The Hall–Kier alpha value is -2.08. The van der Waals surface area contributed by atoms with Crippen LogP contribution in [0.1, 0.15) is 15.9 Å². The summed E-state index contributed by atoms with van der Waals surface area (Å²) < 4.78 is 11.4. The van der Waals surface area contributed by atoms with Crippen LogP contribution in [0.25, 0.3) is 0 Å². The summed E-state index contributed by atoms with van der Waals surface area (Å²) in [5.41, 5.74) is 0.902. The molecule has 0 amide bonds. The fourth-order valence-electron chi connectivity index (χ4n) is 1.62. The summed E-state index contributed by atoms with van der Waals surface area (Å²) in [6.45, 7) is 0.235. The molecule has 0 aliphatic carbocycles. The molecule has 0 saturated heterocycles. The Labute approximate surface area is 124 Å². The molecule has 2 aromatic rings. The van der Waals surface area contributed by atoms with E-state index in [9.17, 15) is 9.90 Å². The lowest BCUT2D eigenvalue weighted by atomic mass is 10.2. The molecule has 0 atom stereocenters. The molecular weight excluding hydrogens is 326 g/mol. The number of hydrogen-bond donors (Lipinski definition) is 1. The first-order chi connectivity index (χ1) is 9.60. The Morgan fingerprint density at radius 3 is 2.80 bits per heavy atom. The number of rotatable bonds is 5. The summed E-state index contributed by atoms with van der Waals surface area (Å²) in [5.74, 6) is -0.302. The van der Waals surface area contributed by atoms with Crippen molar-refractivity contribution in [2.45, 2.75) is 6.61 Å². The zero-order chi connectivity index (χ0) is 14.5. The number of hydrogen-bond acceptors (Lipinski definition) is 4. The van der Waals surface area contributed by atoms with Gasteiger partial charge in [0.15, 0.2) is 0 Å². The number of pyridine rings is 1. The number of methoxy groups -OCH3 is 1. The minimum Gasteiger partial charge on any atom is -0.497 e. The fraction of sp³-hybridized carbons (Fsp3) is 0.143. The van der Waals surface area contributed by atoms with Gasteiger partial charge in [0.2, 0.25) is 0 Å². The topological polar surface area (TPSA) is 68.7 Å². The second-order valence-corrected chi connectivity index (χ2v) is 4.88. The van der Waals surface area contributed by atoms with Gasteiger partial charge in [0, 0.05) is 22.4 Å². The van der Waals surface area contributed by atoms with Gasteiger partial charge in [-0.2, -0.15) is 0 Å². The molecule has 0 unspecified atom stereocenters. The molecule has 6 heteroatoms. The maximum atomic E-state index is 11.2. The Morgan fingerprint density at radius 1 is 1.35 bits per heavy atom. The van der Waals surface area contributed by atoms with E-state index in [0.717, 1.165) is 10.0 Å². The van der Waals surface area contributed by atoms with Crippen LogP contribution >= 0.6 is 15.9 Å². The second kappa shape index (κ2) is 6.38. The van der Waals surface area contributed by atoms with Gasteiger partial charge in [-0.3, -0.25) is 4.98 Å². The first-order valence-electron chi connectivity index (χ1n) is 5.73. The summed E-state index contributed by atoms with van der Waals surface area (Å²) in [4.78, 5) is 15.2. The third-order valence-corrected chi connectivity index (χ3v) is 3.01. The van der Waals surface area contributed by atoms with Crippen LogP contribution in [0.3, 0.4) is 0 Å². The summed E-state index contributed by atoms with van der Waals surface area (Å²) >= 11 is 3.32. The van der Waals surface area contributed by atoms with Crippen molar-refractivity contribution in [1.29, 1.82) is 0 Å². The predicted molar refractivity (Wildman–Crippen MR) is 76.2 cm³/mol. The van der Waals surface area contributed by atoms with Crippen molar-refractivity contribution < 1.29 is 19.4 Å². The van der Waals surface area contributed by atoms with Crippen LogP contribution in [0.5, 0.6) is 11.5 Å². The molecule has 1 aromatic carbocycles. The van der Waals surface area contributed by atoms with Gasteiger partial charge in [0.1, 0.15) is 23.7 Å². The molecule has 0 radical (unpaired) electrons. The van der Waals surface area contributed by atoms with Crippen molar-refractivity contribution in [2.24, 2.45) is 0 Å². The highest BCUT2D eigenvalue weighted by atomic mass is 79.9. The molecule has 1 aromatic heterocycles. The molecule has 2 rings (SSSR count). The molecule has 20 heavy (non-hydrogen) atoms. The number of carboxylic acids is 1. The van der Waals surface area contributed by atoms with Crippen LogP contribution in [0.15, 0.2) is 41.1 Å². The van der Waals surface area contributed by atoms with Gasteiger partial charge in [-0.25, -0.2) is 4.79 Å². The maximum Gasteiger partial charge on any atom is 0.339 e. The molecule has 0 fully saturated rings. The third-order valence-electron chi connectivity index (χ3n) is 2.57. The summed E-state index contributed by atoms with van der Waals surface area (Å²) in [5, 5.41) is 9.17. The number of ether oxygens (including phenoxy) is 2. The minimum atomic E-state index is -1.06. The van der Waals surface area contributed by atoms with E-state index in [2.05, 4.69) is 20.9 Å². The average Bonchev–Trinajstić information content (AvgIpc) is 2.45. The number of halogens is 1. The smallest absolute Gasteiger partial charge is 0.339 e. The number of aromatic carboxylic acids is 1. The number of aromatic nitrogens is 1. The second-order valence-electron chi connectivity index (χ2n) is 3.97. The summed E-state index contributed by atoms with van der Waals surface area (Å²) in [6.07, 6.45) is 3.33. The predicted octanol–water partition coefficient (Wildman–Crippen LogP) is 3.13. The number of carboxylic acid groups (broad SMARTS) is 1. The van der Waals surface area contributed by atoms with E-state index < -0.39 is 5.97 Å². The Balaban J connectivity index is 2.18. The van der Waals surface area contributed by atoms with E-state index in [1.165, 1.54) is 13.2 Å². The number of benzene rings is 1. The van der Waals surface area contributed by atoms with Crippen molar-refractivity contribution in [3.05, 3.63) is 52.3 Å². The van der Waals surface area contributed by atoms with Crippen LogP contribution in [0, 0.1) is 0 Å². The molecule has 0 spiro atoms. The van der Waals surface area contributed by atoms with Crippen molar-refractivity contribution in [3.63, 3.8) is 0 Å². The molecule has 0 bridgehead atoms. The van der Waals surface area contributed by atoms with E-state index in [1.54, 1.807) is 24.5 Å². The van der Waals surface area contributed by atoms with Crippen LogP contribution < -0.4 is 9.47 Å². The molecule has 1 heterocycles. The van der Waals surface area contributed by atoms with Crippen molar-refractivity contribution >= 4 is 21.9 Å². The lowest BCUT2D eigenvalue weighted by molar-refractivity contribution is 0.0691. The van der Waals surface area contributed by atoms with Crippen molar-refractivity contribution in [3.8, 4) is 11.5 Å². The first kappa shape index (κ1) is 14.3. The summed E-state index contributed by atoms with van der Waals surface area (Å²) in [7, 11) is 1.48. The van der Waals surface area contributed by atoms with Gasteiger partial charge in [0.25, 0.3) is 0 Å². The highest BCUT2D eigenvalue weighted by molar-refractivity contribution is 9.10. The zero-order valence-electron chi connectivity index (χ0n) is 10.7. The SMILES string of the molecule is COc1ccc(OCc2cncc(Br)c2)c(C(=O)O)c1. The van der Waals surface area contributed by atoms with E-state index in [0.29, 0.717) is 11.5 Å². The highest BCUT2D eigenvalue weighted by Crippen LogP contribution is 2.25. The van der Waals surface area contributed by atoms with E-state index in [-0.39, 0.29) is 12.2 Å². The quantitative estimate of drug-likeness (QED) is 0.907.